The molecule has 0 aliphatic rings. The predicted molar refractivity (Wildman–Crippen MR) is 125 cm³/mol. The number of nitrogens with one attached hydrogen (secondary N) is 1. The van der Waals surface area contributed by atoms with E-state index in [1.165, 1.54) is 18.2 Å². The van der Waals surface area contributed by atoms with Crippen LogP contribution < -0.4 is 9.62 Å². The number of carbonyl (C=O) groups is 2. The summed E-state index contributed by atoms with van der Waals surface area (Å²) < 4.78 is 60.0. The van der Waals surface area contributed by atoms with E-state index < -0.39 is 28.1 Å². The van der Waals surface area contributed by atoms with Crippen molar-refractivity contribution in [1.82, 2.24) is 0 Å². The lowest BCUT2D eigenvalue weighted by Gasteiger charge is -2.25. The predicted octanol–water partition coefficient (Wildman–Crippen LogP) is 5.21. The second kappa shape index (κ2) is 12.6. The minimum atomic E-state index is -5.08. The number of nitrogens with zero attached hydrogens (tertiary/aromatic N) is 1. The Labute approximate surface area is 203 Å². The maximum absolute atomic E-state index is 12.5. The maximum Gasteiger partial charge on any atom is 0.490 e. The Morgan fingerprint density at radius 1 is 1.00 bits per heavy atom. The summed E-state index contributed by atoms with van der Waals surface area (Å²) in [6.07, 6.45) is -3.31. The van der Waals surface area contributed by atoms with Crippen LogP contribution in [0.1, 0.15) is 37.0 Å². The number of halogens is 4. The molecule has 0 aliphatic carbocycles. The third-order valence-corrected chi connectivity index (χ3v) is 6.10. The Morgan fingerprint density at radius 2 is 1.50 bits per heavy atom. The van der Waals surface area contributed by atoms with E-state index in [1.54, 1.807) is 24.3 Å². The van der Waals surface area contributed by atoms with Crippen LogP contribution in [0.3, 0.4) is 0 Å². The molecule has 0 heterocycles. The van der Waals surface area contributed by atoms with Crippen molar-refractivity contribution in [3.8, 4) is 0 Å². The lowest BCUT2D eigenvalue weighted by Crippen LogP contribution is -2.27. The van der Waals surface area contributed by atoms with E-state index in [9.17, 15) is 31.5 Å². The van der Waals surface area contributed by atoms with E-state index in [1.807, 2.05) is 18.7 Å². The molecule has 2 aromatic rings. The summed E-state index contributed by atoms with van der Waals surface area (Å²) in [7, 11) is -3.80. The number of aliphatic carboxylic acids is 1. The zero-order chi connectivity index (χ0) is 26.1. The molecule has 0 unspecified atom stereocenters. The van der Waals surface area contributed by atoms with Crippen LogP contribution in [-0.2, 0) is 14.8 Å². The van der Waals surface area contributed by atoms with Gasteiger partial charge in [0.15, 0.2) is 0 Å². The van der Waals surface area contributed by atoms with E-state index >= 15 is 0 Å². The smallest absolute Gasteiger partial charge is 0.478 e. The molecule has 0 amide bonds. The van der Waals surface area contributed by atoms with Crippen molar-refractivity contribution in [2.24, 2.45) is 0 Å². The van der Waals surface area contributed by atoms with Crippen LogP contribution >= 0.6 is 15.9 Å². The third kappa shape index (κ3) is 8.86. The van der Waals surface area contributed by atoms with Gasteiger partial charge in [-0.25, -0.2) is 18.0 Å². The van der Waals surface area contributed by atoms with E-state index in [0.29, 0.717) is 5.69 Å². The molecule has 34 heavy (non-hydrogen) atoms. The molecule has 13 heteroatoms. The SMILES string of the molecule is CCCN(CCC)c1ccc(NS(=O)(=O)c2ccc(Br)cc2)cc1C(=O)O.O=C(O)C(F)(F)F. The Kier molecular flexibility index (Phi) is 10.8. The summed E-state index contributed by atoms with van der Waals surface area (Å²) in [4.78, 5) is 22.8. The molecule has 2 rings (SSSR count). The van der Waals surface area contributed by atoms with Gasteiger partial charge in [-0.05, 0) is 55.3 Å². The highest BCUT2D eigenvalue weighted by Crippen LogP contribution is 2.27. The van der Waals surface area contributed by atoms with Gasteiger partial charge in [0, 0.05) is 23.2 Å². The molecule has 188 valence electrons. The monoisotopic (exact) mass is 568 g/mol. The van der Waals surface area contributed by atoms with Gasteiger partial charge in [0.2, 0.25) is 0 Å². The van der Waals surface area contributed by atoms with Crippen molar-refractivity contribution in [3.63, 3.8) is 0 Å². The molecule has 8 nitrogen and oxygen atoms in total. The quantitative estimate of drug-likeness (QED) is 0.379. The van der Waals surface area contributed by atoms with Gasteiger partial charge in [-0.2, -0.15) is 13.2 Å². The minimum Gasteiger partial charge on any atom is -0.478 e. The van der Waals surface area contributed by atoms with Crippen LogP contribution in [-0.4, -0.2) is 49.8 Å². The van der Waals surface area contributed by atoms with Crippen LogP contribution in [0.25, 0.3) is 0 Å². The van der Waals surface area contributed by atoms with Crippen molar-refractivity contribution in [3.05, 3.63) is 52.5 Å². The zero-order valence-electron chi connectivity index (χ0n) is 18.3. The molecule has 0 radical (unpaired) electrons. The highest BCUT2D eigenvalue weighted by atomic mass is 79.9. The van der Waals surface area contributed by atoms with Crippen LogP contribution in [0.15, 0.2) is 51.8 Å². The molecule has 2 aromatic carbocycles. The number of anilines is 2. The van der Waals surface area contributed by atoms with Gasteiger partial charge in [-0.3, -0.25) is 4.72 Å². The average Bonchev–Trinajstić information content (AvgIpc) is 2.73. The number of carboxylic acid groups (broad SMARTS) is 2. The van der Waals surface area contributed by atoms with Gasteiger partial charge >= 0.3 is 18.1 Å². The van der Waals surface area contributed by atoms with Crippen LogP contribution in [0.4, 0.5) is 24.5 Å². The lowest BCUT2D eigenvalue weighted by atomic mass is 10.1. The highest BCUT2D eigenvalue weighted by molar-refractivity contribution is 9.10. The third-order valence-electron chi connectivity index (χ3n) is 4.17. The summed E-state index contributed by atoms with van der Waals surface area (Å²) in [6, 6.07) is 10.8. The van der Waals surface area contributed by atoms with Crippen molar-refractivity contribution in [1.29, 1.82) is 0 Å². The summed E-state index contributed by atoms with van der Waals surface area (Å²) in [5, 5.41) is 16.7. The van der Waals surface area contributed by atoms with Crippen molar-refractivity contribution >= 4 is 49.3 Å². The first kappa shape index (κ1) is 29.2. The molecule has 0 saturated carbocycles. The number of alkyl halides is 3. The molecule has 0 aliphatic heterocycles. The number of carboxylic acids is 2. The van der Waals surface area contributed by atoms with Gasteiger partial charge < -0.3 is 15.1 Å². The fourth-order valence-electron chi connectivity index (χ4n) is 2.77. The standard InChI is InChI=1S/C19H23BrN2O4S.C2HF3O2/c1-3-11-22(12-4-2)18-10-7-15(13-17(18)19(23)24)21-27(25,26)16-8-5-14(20)6-9-16;3-2(4,5)1(6)7/h5-10,13,21H,3-4,11-12H2,1-2H3,(H,23,24);(H,6,7). The highest BCUT2D eigenvalue weighted by Gasteiger charge is 2.38. The Morgan fingerprint density at radius 3 is 1.91 bits per heavy atom. The topological polar surface area (TPSA) is 124 Å². The van der Waals surface area contributed by atoms with E-state index in [4.69, 9.17) is 9.90 Å². The van der Waals surface area contributed by atoms with Crippen molar-refractivity contribution in [2.75, 3.05) is 22.7 Å². The average molecular weight is 569 g/mol. The van der Waals surface area contributed by atoms with Crippen molar-refractivity contribution in [2.45, 2.75) is 37.8 Å². The molecular weight excluding hydrogens is 545 g/mol. The molecule has 0 fully saturated rings. The summed E-state index contributed by atoms with van der Waals surface area (Å²) in [6.45, 7) is 5.53. The molecule has 3 N–H and O–H groups in total. The Hall–Kier alpha value is -2.80. The van der Waals surface area contributed by atoms with E-state index in [2.05, 4.69) is 20.7 Å². The number of rotatable bonds is 9. The number of hydrogen-bond acceptors (Lipinski definition) is 5. The number of aromatic carboxylic acids is 1. The molecule has 0 aromatic heterocycles. The van der Waals surface area contributed by atoms with Crippen LogP contribution in [0.5, 0.6) is 0 Å². The van der Waals surface area contributed by atoms with Gasteiger partial charge in [0.05, 0.1) is 16.1 Å². The second-order valence-electron chi connectivity index (χ2n) is 6.89. The number of hydrogen-bond donors (Lipinski definition) is 3. The fourth-order valence-corrected chi connectivity index (χ4v) is 4.08. The molecule has 0 atom stereocenters. The van der Waals surface area contributed by atoms with E-state index in [0.717, 1.165) is 30.4 Å². The van der Waals surface area contributed by atoms with Crippen molar-refractivity contribution < 1.29 is 41.4 Å². The maximum atomic E-state index is 12.5. The van der Waals surface area contributed by atoms with Crippen LogP contribution in [0, 0.1) is 0 Å². The fraction of sp³-hybridized carbons (Fsp3) is 0.333. The van der Waals surface area contributed by atoms with Gasteiger partial charge in [-0.1, -0.05) is 29.8 Å². The Balaban J connectivity index is 0.000000718. The number of benzene rings is 2. The largest absolute Gasteiger partial charge is 0.490 e. The molecule has 0 spiro atoms. The Bertz CT molecular complexity index is 1090. The summed E-state index contributed by atoms with van der Waals surface area (Å²) >= 11 is 3.27. The second-order valence-corrected chi connectivity index (χ2v) is 9.48. The van der Waals surface area contributed by atoms with Gasteiger partial charge in [-0.15, -0.1) is 0 Å². The lowest BCUT2D eigenvalue weighted by molar-refractivity contribution is -0.192. The molecule has 0 bridgehead atoms. The summed E-state index contributed by atoms with van der Waals surface area (Å²) in [5.74, 6) is -3.85. The van der Waals surface area contributed by atoms with E-state index in [-0.39, 0.29) is 16.1 Å². The minimum absolute atomic E-state index is 0.0768. The normalized spacial score (nSPS) is 11.2. The van der Waals surface area contributed by atoms with Gasteiger partial charge in [0.1, 0.15) is 0 Å². The molecule has 0 saturated heterocycles. The first-order chi connectivity index (χ1) is 15.7. The zero-order valence-corrected chi connectivity index (χ0v) is 20.7. The molecular formula is C21H24BrF3N2O6S. The number of sulfonamides is 1. The summed E-state index contributed by atoms with van der Waals surface area (Å²) in [5.41, 5.74) is 0.887. The van der Waals surface area contributed by atoms with Gasteiger partial charge in [0.25, 0.3) is 10.0 Å². The van der Waals surface area contributed by atoms with Crippen LogP contribution in [0.2, 0.25) is 0 Å². The first-order valence-corrected chi connectivity index (χ1v) is 12.2. The first-order valence-electron chi connectivity index (χ1n) is 9.93.